The lowest BCUT2D eigenvalue weighted by atomic mass is 10.3. The topological polar surface area (TPSA) is 48.9 Å². The second-order valence-corrected chi connectivity index (χ2v) is 2.82. The van der Waals surface area contributed by atoms with E-state index in [1.165, 1.54) is 6.08 Å². The standard InChI is InChI=1S/C10H10N2O.BH3/c1-2-9(13)10-11-7-5-3-4-6-8(7)12-10;/h2-6,9,13H,1H2,(H,11,12);1H3. The highest BCUT2D eigenvalue weighted by molar-refractivity contribution is 5.75. The molecule has 72 valence electrons. The van der Waals surface area contributed by atoms with Crippen LogP contribution in [0.3, 0.4) is 0 Å². The van der Waals surface area contributed by atoms with Crippen molar-refractivity contribution in [2.75, 3.05) is 0 Å². The van der Waals surface area contributed by atoms with Gasteiger partial charge in [0.15, 0.2) is 0 Å². The fourth-order valence-electron chi connectivity index (χ4n) is 1.22. The van der Waals surface area contributed by atoms with Crippen LogP contribution in [-0.2, 0) is 0 Å². The lowest BCUT2D eigenvalue weighted by Gasteiger charge is -1.97. The molecule has 4 heteroatoms. The highest BCUT2D eigenvalue weighted by Gasteiger charge is 2.07. The van der Waals surface area contributed by atoms with E-state index < -0.39 is 6.10 Å². The third-order valence-corrected chi connectivity index (χ3v) is 1.91. The molecule has 0 radical (unpaired) electrons. The summed E-state index contributed by atoms with van der Waals surface area (Å²) < 4.78 is 0. The molecule has 0 aliphatic rings. The number of aliphatic hydroxyl groups excluding tert-OH is 1. The van der Waals surface area contributed by atoms with Gasteiger partial charge in [-0.3, -0.25) is 0 Å². The highest BCUT2D eigenvalue weighted by atomic mass is 16.3. The van der Waals surface area contributed by atoms with E-state index in [4.69, 9.17) is 0 Å². The largest absolute Gasteiger partial charge is 0.381 e. The number of aromatic amines is 1. The van der Waals surface area contributed by atoms with Gasteiger partial charge in [-0.2, -0.15) is 0 Å². The predicted octanol–water partition coefficient (Wildman–Crippen LogP) is 0.598. The molecule has 1 atom stereocenters. The Labute approximate surface area is 84.1 Å². The third kappa shape index (κ3) is 1.70. The number of H-pyrrole nitrogens is 1. The van der Waals surface area contributed by atoms with Crippen molar-refractivity contribution < 1.29 is 5.11 Å². The van der Waals surface area contributed by atoms with E-state index in [1.54, 1.807) is 0 Å². The zero-order chi connectivity index (χ0) is 9.26. The Morgan fingerprint density at radius 2 is 2.14 bits per heavy atom. The lowest BCUT2D eigenvalue weighted by molar-refractivity contribution is 0.220. The zero-order valence-electron chi connectivity index (χ0n) is 7.07. The minimum absolute atomic E-state index is 0. The number of benzene rings is 1. The van der Waals surface area contributed by atoms with Crippen molar-refractivity contribution in [3.05, 3.63) is 42.7 Å². The Bertz CT molecular complexity index is 405. The predicted molar refractivity (Wildman–Crippen MR) is 61.2 cm³/mol. The Morgan fingerprint density at radius 1 is 1.43 bits per heavy atom. The molecule has 2 aromatic rings. The summed E-state index contributed by atoms with van der Waals surface area (Å²) in [5.74, 6) is 0.538. The van der Waals surface area contributed by atoms with Gasteiger partial charge in [-0.1, -0.05) is 18.2 Å². The number of hydrogen-bond donors (Lipinski definition) is 2. The number of imidazole rings is 1. The molecule has 0 amide bonds. The van der Waals surface area contributed by atoms with E-state index in [-0.39, 0.29) is 8.41 Å². The molecular formula is C10H13BN2O. The van der Waals surface area contributed by atoms with Crippen molar-refractivity contribution in [3.8, 4) is 0 Å². The maximum atomic E-state index is 9.42. The van der Waals surface area contributed by atoms with Gasteiger partial charge < -0.3 is 10.1 Å². The SMILES string of the molecule is B.C=CC(O)c1nc2ccccc2[nH]1. The number of rotatable bonds is 2. The van der Waals surface area contributed by atoms with Crippen LogP contribution in [0.2, 0.25) is 0 Å². The van der Waals surface area contributed by atoms with Gasteiger partial charge in [-0.25, -0.2) is 4.98 Å². The van der Waals surface area contributed by atoms with Gasteiger partial charge in [0.2, 0.25) is 0 Å². The zero-order valence-corrected chi connectivity index (χ0v) is 7.07. The Morgan fingerprint density at radius 3 is 2.79 bits per heavy atom. The molecule has 0 spiro atoms. The number of fused-ring (bicyclic) bond motifs is 1. The Hall–Kier alpha value is -1.55. The van der Waals surface area contributed by atoms with Crippen LogP contribution in [0, 0.1) is 0 Å². The molecule has 14 heavy (non-hydrogen) atoms. The summed E-state index contributed by atoms with van der Waals surface area (Å²) >= 11 is 0. The smallest absolute Gasteiger partial charge is 0.140 e. The fraction of sp³-hybridized carbons (Fsp3) is 0.100. The van der Waals surface area contributed by atoms with Gasteiger partial charge in [0, 0.05) is 0 Å². The summed E-state index contributed by atoms with van der Waals surface area (Å²) in [7, 11) is 0. The maximum absolute atomic E-state index is 9.42. The molecule has 3 nitrogen and oxygen atoms in total. The van der Waals surface area contributed by atoms with Crippen molar-refractivity contribution in [3.63, 3.8) is 0 Å². The van der Waals surface area contributed by atoms with Crippen molar-refractivity contribution in [2.24, 2.45) is 0 Å². The van der Waals surface area contributed by atoms with E-state index in [0.717, 1.165) is 11.0 Å². The molecule has 0 saturated heterocycles. The molecule has 0 bridgehead atoms. The fourth-order valence-corrected chi connectivity index (χ4v) is 1.22. The first-order chi connectivity index (χ1) is 6.31. The van der Waals surface area contributed by atoms with E-state index in [2.05, 4.69) is 16.5 Å². The summed E-state index contributed by atoms with van der Waals surface area (Å²) in [5, 5.41) is 9.42. The average Bonchev–Trinajstić information content (AvgIpc) is 2.59. The summed E-state index contributed by atoms with van der Waals surface area (Å²) in [4.78, 5) is 7.22. The van der Waals surface area contributed by atoms with Crippen molar-refractivity contribution >= 4 is 19.4 Å². The van der Waals surface area contributed by atoms with Crippen LogP contribution in [0.4, 0.5) is 0 Å². The Kier molecular flexibility index (Phi) is 3.09. The van der Waals surface area contributed by atoms with E-state index in [9.17, 15) is 5.11 Å². The van der Waals surface area contributed by atoms with Gasteiger partial charge in [-0.15, -0.1) is 6.58 Å². The first kappa shape index (κ1) is 10.5. The van der Waals surface area contributed by atoms with Gasteiger partial charge in [-0.05, 0) is 12.1 Å². The molecule has 1 heterocycles. The average molecular weight is 188 g/mol. The van der Waals surface area contributed by atoms with Gasteiger partial charge in [0.1, 0.15) is 11.9 Å². The molecule has 1 unspecified atom stereocenters. The first-order valence-electron chi connectivity index (χ1n) is 4.06. The number of aromatic nitrogens is 2. The second-order valence-electron chi connectivity index (χ2n) is 2.82. The third-order valence-electron chi connectivity index (χ3n) is 1.91. The van der Waals surface area contributed by atoms with Crippen LogP contribution in [0.15, 0.2) is 36.9 Å². The van der Waals surface area contributed by atoms with Crippen LogP contribution in [0.5, 0.6) is 0 Å². The van der Waals surface area contributed by atoms with Gasteiger partial charge in [0.25, 0.3) is 0 Å². The minimum atomic E-state index is -0.715. The molecule has 0 aliphatic heterocycles. The normalized spacial score (nSPS) is 12.1. The van der Waals surface area contributed by atoms with E-state index >= 15 is 0 Å². The summed E-state index contributed by atoms with van der Waals surface area (Å²) in [6.07, 6.45) is 0.727. The quantitative estimate of drug-likeness (QED) is 0.535. The summed E-state index contributed by atoms with van der Waals surface area (Å²) in [6.45, 7) is 3.50. The highest BCUT2D eigenvalue weighted by Crippen LogP contribution is 2.15. The number of nitrogens with one attached hydrogen (secondary N) is 1. The molecule has 1 aromatic carbocycles. The van der Waals surface area contributed by atoms with Crippen molar-refractivity contribution in [1.29, 1.82) is 0 Å². The molecule has 0 fully saturated rings. The lowest BCUT2D eigenvalue weighted by Crippen LogP contribution is -1.94. The molecule has 0 saturated carbocycles. The van der Waals surface area contributed by atoms with E-state index in [0.29, 0.717) is 5.82 Å². The monoisotopic (exact) mass is 188 g/mol. The number of aliphatic hydroxyl groups is 1. The molecule has 1 aromatic heterocycles. The van der Waals surface area contributed by atoms with Crippen LogP contribution in [0.25, 0.3) is 11.0 Å². The molecule has 2 rings (SSSR count). The molecule has 0 aliphatic carbocycles. The van der Waals surface area contributed by atoms with Gasteiger partial charge in [0.05, 0.1) is 19.4 Å². The maximum Gasteiger partial charge on any atom is 0.140 e. The van der Waals surface area contributed by atoms with Crippen molar-refractivity contribution in [2.45, 2.75) is 6.10 Å². The molecule has 2 N–H and O–H groups in total. The van der Waals surface area contributed by atoms with Crippen LogP contribution in [-0.4, -0.2) is 23.5 Å². The van der Waals surface area contributed by atoms with E-state index in [1.807, 2.05) is 24.3 Å². The number of nitrogens with zero attached hydrogens (tertiary/aromatic N) is 1. The van der Waals surface area contributed by atoms with Crippen molar-refractivity contribution in [1.82, 2.24) is 9.97 Å². The second kappa shape index (κ2) is 4.11. The first-order valence-corrected chi connectivity index (χ1v) is 4.06. The molecular weight excluding hydrogens is 175 g/mol. The van der Waals surface area contributed by atoms with Crippen LogP contribution in [0.1, 0.15) is 11.9 Å². The summed E-state index contributed by atoms with van der Waals surface area (Å²) in [6, 6.07) is 7.64. The van der Waals surface area contributed by atoms with Crippen LogP contribution >= 0.6 is 0 Å². The summed E-state index contributed by atoms with van der Waals surface area (Å²) in [5.41, 5.74) is 1.79. The number of hydrogen-bond acceptors (Lipinski definition) is 2. The Balaban J connectivity index is 0.000000980. The van der Waals surface area contributed by atoms with Crippen LogP contribution < -0.4 is 0 Å². The minimum Gasteiger partial charge on any atom is -0.381 e. The number of para-hydroxylation sites is 2. The van der Waals surface area contributed by atoms with Gasteiger partial charge >= 0.3 is 0 Å².